The first-order valence-electron chi connectivity index (χ1n) is 4.21. The van der Waals surface area contributed by atoms with Crippen LogP contribution in [0.15, 0.2) is 12.7 Å². The zero-order valence-corrected chi connectivity index (χ0v) is 8.83. The predicted molar refractivity (Wildman–Crippen MR) is 51.8 cm³/mol. The highest BCUT2D eigenvalue weighted by molar-refractivity contribution is 5.86. The zero-order chi connectivity index (χ0) is 10.5. The Morgan fingerprint density at radius 3 is 2.54 bits per heavy atom. The lowest BCUT2D eigenvalue weighted by Crippen LogP contribution is -2.46. The van der Waals surface area contributed by atoms with Gasteiger partial charge in [-0.25, -0.2) is 0 Å². The molecular weight excluding hydrogens is 168 g/mol. The second kappa shape index (κ2) is 4.99. The van der Waals surface area contributed by atoms with Crippen LogP contribution >= 0.6 is 0 Å². The average Bonchev–Trinajstić information content (AvgIpc) is 2.02. The molecule has 13 heavy (non-hydrogen) atoms. The first-order chi connectivity index (χ1) is 5.88. The Morgan fingerprint density at radius 1 is 1.62 bits per heavy atom. The smallest absolute Gasteiger partial charge is 0.245 e. The number of ether oxygens (including phenoxy) is 1. The fraction of sp³-hybridized carbons (Fsp3) is 0.667. The Bertz CT molecular complexity index is 185. The van der Waals surface area contributed by atoms with Gasteiger partial charge in [0.2, 0.25) is 5.91 Å². The molecule has 1 N–H and O–H groups in total. The monoisotopic (exact) mass is 187 g/mol. The summed E-state index contributed by atoms with van der Waals surface area (Å²) >= 11 is 0. The van der Waals surface area contributed by atoms with E-state index in [9.17, 15) is 4.79 Å². The van der Waals surface area contributed by atoms with Gasteiger partial charge >= 0.3 is 0 Å². The molecule has 0 aromatic rings. The number of rotatable bonds is 5. The molecule has 0 saturated carbocycles. The third kappa shape index (κ3) is 5.38. The van der Waals surface area contributed by atoms with E-state index in [0.29, 0.717) is 4.48 Å². The number of amides is 1. The summed E-state index contributed by atoms with van der Waals surface area (Å²) in [6.45, 7) is 5.52. The number of nitrogens with one attached hydrogen (secondary N) is 1. The van der Waals surface area contributed by atoms with Gasteiger partial charge < -0.3 is 14.5 Å². The van der Waals surface area contributed by atoms with Crippen molar-refractivity contribution < 1.29 is 14.0 Å². The van der Waals surface area contributed by atoms with Gasteiger partial charge in [0.05, 0.1) is 21.1 Å². The molecular formula is C9H19N2O2+. The minimum atomic E-state index is -0.214. The molecule has 0 saturated heterocycles. The van der Waals surface area contributed by atoms with Crippen LogP contribution in [-0.4, -0.2) is 44.5 Å². The molecule has 0 rings (SSSR count). The Balaban J connectivity index is 3.65. The maximum Gasteiger partial charge on any atom is 0.245 e. The largest absolute Gasteiger partial charge is 0.329 e. The van der Waals surface area contributed by atoms with Crippen molar-refractivity contribution in [3.63, 3.8) is 0 Å². The fourth-order valence-electron chi connectivity index (χ4n) is 0.529. The molecule has 0 radical (unpaired) electrons. The Labute approximate surface area is 79.8 Å². The van der Waals surface area contributed by atoms with Gasteiger partial charge in [0, 0.05) is 6.92 Å². The number of nitrogens with zero attached hydrogens (tertiary/aromatic N) is 1. The van der Waals surface area contributed by atoms with E-state index < -0.39 is 0 Å². The van der Waals surface area contributed by atoms with Gasteiger partial charge in [0.25, 0.3) is 0 Å². The van der Waals surface area contributed by atoms with Crippen molar-refractivity contribution in [3.8, 4) is 0 Å². The summed E-state index contributed by atoms with van der Waals surface area (Å²) < 4.78 is 6.07. The van der Waals surface area contributed by atoms with Crippen LogP contribution in [0.3, 0.4) is 0 Å². The minimum Gasteiger partial charge on any atom is -0.329 e. The highest BCUT2D eigenvalue weighted by atomic mass is 16.5. The van der Waals surface area contributed by atoms with Crippen LogP contribution in [0.2, 0.25) is 0 Å². The molecule has 1 atom stereocenters. The van der Waals surface area contributed by atoms with Crippen molar-refractivity contribution >= 4 is 5.91 Å². The second-order valence-electron chi connectivity index (χ2n) is 3.77. The van der Waals surface area contributed by atoms with Crippen LogP contribution in [-0.2, 0) is 9.53 Å². The maximum absolute atomic E-state index is 10.7. The highest BCUT2D eigenvalue weighted by Gasteiger charge is 2.18. The molecule has 0 aliphatic rings. The number of hydrogen-bond donors (Lipinski definition) is 1. The van der Waals surface area contributed by atoms with E-state index in [1.807, 2.05) is 28.1 Å². The van der Waals surface area contributed by atoms with Gasteiger partial charge in [0.15, 0.2) is 6.23 Å². The molecule has 0 aromatic carbocycles. The third-order valence-corrected chi connectivity index (χ3v) is 1.85. The Morgan fingerprint density at radius 2 is 2.15 bits per heavy atom. The molecule has 0 bridgehead atoms. The lowest BCUT2D eigenvalue weighted by molar-refractivity contribution is -0.917. The van der Waals surface area contributed by atoms with E-state index in [1.165, 1.54) is 6.08 Å². The first-order valence-corrected chi connectivity index (χ1v) is 4.21. The quantitative estimate of drug-likeness (QED) is 0.382. The predicted octanol–water partition coefficient (Wildman–Crippen LogP) is 0.315. The summed E-state index contributed by atoms with van der Waals surface area (Å²) in [4.78, 5) is 10.7. The molecule has 4 heteroatoms. The van der Waals surface area contributed by atoms with E-state index in [2.05, 4.69) is 11.9 Å². The first kappa shape index (κ1) is 12.1. The summed E-state index contributed by atoms with van der Waals surface area (Å²) in [6, 6.07) is 0. The SMILES string of the molecule is C=CC(=O)NCOC(C)[N+](C)(C)C. The van der Waals surface area contributed by atoms with E-state index >= 15 is 0 Å². The normalized spacial score (nSPS) is 13.5. The summed E-state index contributed by atoms with van der Waals surface area (Å²) in [5.74, 6) is -0.214. The van der Waals surface area contributed by atoms with Gasteiger partial charge in [-0.05, 0) is 6.08 Å². The molecule has 1 unspecified atom stereocenters. The minimum absolute atomic E-state index is 0.0464. The van der Waals surface area contributed by atoms with Crippen LogP contribution in [0.1, 0.15) is 6.92 Å². The third-order valence-electron chi connectivity index (χ3n) is 1.85. The fourth-order valence-corrected chi connectivity index (χ4v) is 0.529. The van der Waals surface area contributed by atoms with E-state index in [0.717, 1.165) is 0 Å². The summed E-state index contributed by atoms with van der Waals surface area (Å²) in [7, 11) is 6.08. The number of carbonyl (C=O) groups is 1. The molecule has 0 aromatic heterocycles. The van der Waals surface area contributed by atoms with Crippen molar-refractivity contribution in [1.29, 1.82) is 0 Å². The van der Waals surface area contributed by atoms with Crippen molar-refractivity contribution in [2.45, 2.75) is 13.2 Å². The van der Waals surface area contributed by atoms with Crippen LogP contribution in [0.25, 0.3) is 0 Å². The van der Waals surface area contributed by atoms with Crippen LogP contribution < -0.4 is 5.32 Å². The van der Waals surface area contributed by atoms with E-state index in [4.69, 9.17) is 4.74 Å². The summed E-state index contributed by atoms with van der Waals surface area (Å²) in [5.41, 5.74) is 0. The molecule has 4 nitrogen and oxygen atoms in total. The van der Waals surface area contributed by atoms with Gasteiger partial charge in [-0.1, -0.05) is 6.58 Å². The molecule has 76 valence electrons. The lowest BCUT2D eigenvalue weighted by atomic mass is 10.5. The summed E-state index contributed by atoms with van der Waals surface area (Å²) in [6.07, 6.45) is 1.27. The molecule has 0 aliphatic carbocycles. The van der Waals surface area contributed by atoms with Gasteiger partial charge in [-0.15, -0.1) is 0 Å². The second-order valence-corrected chi connectivity index (χ2v) is 3.77. The average molecular weight is 187 g/mol. The maximum atomic E-state index is 10.7. The van der Waals surface area contributed by atoms with Gasteiger partial charge in [0.1, 0.15) is 6.73 Å². The molecule has 0 spiro atoms. The summed E-state index contributed by atoms with van der Waals surface area (Å²) in [5, 5.41) is 2.55. The Hall–Kier alpha value is -0.870. The topological polar surface area (TPSA) is 38.3 Å². The van der Waals surface area contributed by atoms with Crippen LogP contribution in [0.5, 0.6) is 0 Å². The lowest BCUT2D eigenvalue weighted by Gasteiger charge is -2.30. The number of carbonyl (C=O) groups excluding carboxylic acids is 1. The van der Waals surface area contributed by atoms with Crippen molar-refractivity contribution in [2.24, 2.45) is 0 Å². The van der Waals surface area contributed by atoms with E-state index in [1.54, 1.807) is 0 Å². The molecule has 0 aliphatic heterocycles. The van der Waals surface area contributed by atoms with Crippen molar-refractivity contribution in [1.82, 2.24) is 5.32 Å². The van der Waals surface area contributed by atoms with Crippen LogP contribution in [0.4, 0.5) is 0 Å². The molecule has 1 amide bonds. The van der Waals surface area contributed by atoms with E-state index in [-0.39, 0.29) is 18.9 Å². The number of quaternary nitrogens is 1. The van der Waals surface area contributed by atoms with Crippen molar-refractivity contribution in [3.05, 3.63) is 12.7 Å². The van der Waals surface area contributed by atoms with Gasteiger partial charge in [-0.3, -0.25) is 4.79 Å². The molecule has 0 heterocycles. The zero-order valence-electron chi connectivity index (χ0n) is 8.83. The molecule has 0 fully saturated rings. The van der Waals surface area contributed by atoms with Gasteiger partial charge in [-0.2, -0.15) is 0 Å². The van der Waals surface area contributed by atoms with Crippen LogP contribution in [0, 0.1) is 0 Å². The number of hydrogen-bond acceptors (Lipinski definition) is 2. The van der Waals surface area contributed by atoms with Crippen molar-refractivity contribution in [2.75, 3.05) is 27.9 Å². The standard InChI is InChI=1S/C9H18N2O2/c1-6-9(12)10-7-13-8(2)11(3,4)5/h6,8H,1,7H2,2-5H3/p+1. The highest BCUT2D eigenvalue weighted by Crippen LogP contribution is 2.01. The Kier molecular flexibility index (Phi) is 4.66.